The summed E-state index contributed by atoms with van der Waals surface area (Å²) in [5, 5.41) is 4.14. The van der Waals surface area contributed by atoms with Crippen molar-refractivity contribution in [2.24, 2.45) is 57.4 Å². The van der Waals surface area contributed by atoms with Crippen LogP contribution in [0.3, 0.4) is 0 Å². The Bertz CT molecular complexity index is 807. The largest absolute Gasteiger partial charge is 0.466 e. The van der Waals surface area contributed by atoms with E-state index in [1.807, 2.05) is 0 Å². The molecule has 0 saturated heterocycles. The third-order valence-corrected chi connectivity index (χ3v) is 10.7. The molecule has 0 aromatic heterocycles. The van der Waals surface area contributed by atoms with Gasteiger partial charge in [0.25, 0.3) is 0 Å². The normalized spacial score (nSPS) is 38.0. The molecule has 198 valence electrons. The average molecular weight is 488 g/mol. The van der Waals surface area contributed by atoms with Gasteiger partial charge in [-0.2, -0.15) is 0 Å². The van der Waals surface area contributed by atoms with E-state index in [0.717, 1.165) is 30.6 Å². The summed E-state index contributed by atoms with van der Waals surface area (Å²) >= 11 is 0. The molecule has 0 N–H and O–H groups in total. The van der Waals surface area contributed by atoms with Crippen molar-refractivity contribution in [3.05, 3.63) is 10.4 Å². The molecule has 6 heteroatoms. The molecule has 0 amide bonds. The second kappa shape index (κ2) is 11.7. The summed E-state index contributed by atoms with van der Waals surface area (Å²) in [5.41, 5.74) is 9.44. The summed E-state index contributed by atoms with van der Waals surface area (Å²) in [6, 6.07) is 0. The van der Waals surface area contributed by atoms with Crippen LogP contribution < -0.4 is 0 Å². The molecule has 0 heterocycles. The number of azide groups is 1. The number of hydrogen-bond donors (Lipinski definition) is 0. The van der Waals surface area contributed by atoms with E-state index >= 15 is 0 Å². The maximum atomic E-state index is 12.4. The number of Topliss-reactive ketones (excluding diaryl/α,β-unsaturated/α-hetero) is 1. The molecule has 3 aliphatic carbocycles. The first-order valence-electron chi connectivity index (χ1n) is 14.2. The molecule has 0 spiro atoms. The molecule has 3 fully saturated rings. The van der Waals surface area contributed by atoms with E-state index in [1.54, 1.807) is 0 Å². The lowest BCUT2D eigenvalue weighted by atomic mass is 9.48. The summed E-state index contributed by atoms with van der Waals surface area (Å²) < 4.78 is 5.47. The number of ketones is 1. The molecule has 0 aromatic rings. The van der Waals surface area contributed by atoms with Gasteiger partial charge in [0.05, 0.1) is 6.61 Å². The minimum absolute atomic E-state index is 0.0442. The molecular formula is C29H49N3O3. The number of carbonyl (C=O) groups is 2. The van der Waals surface area contributed by atoms with E-state index in [2.05, 4.69) is 44.6 Å². The fourth-order valence-corrected chi connectivity index (χ4v) is 8.69. The minimum atomic E-state index is -0.280. The monoisotopic (exact) mass is 487 g/mol. The van der Waals surface area contributed by atoms with Gasteiger partial charge in [0, 0.05) is 37.1 Å². The molecule has 3 aliphatic rings. The van der Waals surface area contributed by atoms with Gasteiger partial charge in [-0.1, -0.05) is 59.0 Å². The predicted molar refractivity (Wildman–Crippen MR) is 139 cm³/mol. The minimum Gasteiger partial charge on any atom is -0.466 e. The summed E-state index contributed by atoms with van der Waals surface area (Å²) in [6.45, 7) is 14.2. The van der Waals surface area contributed by atoms with Gasteiger partial charge < -0.3 is 4.74 Å². The van der Waals surface area contributed by atoms with Crippen LogP contribution in [-0.2, 0) is 14.3 Å². The van der Waals surface area contributed by atoms with Crippen LogP contribution in [-0.4, -0.2) is 24.9 Å². The molecular weight excluding hydrogens is 438 g/mol. The van der Waals surface area contributed by atoms with Crippen LogP contribution in [0.2, 0.25) is 0 Å². The molecule has 6 nitrogen and oxygen atoms in total. The Balaban J connectivity index is 1.84. The number of fused-ring (bicyclic) bond motifs is 1. The third-order valence-electron chi connectivity index (χ3n) is 10.7. The van der Waals surface area contributed by atoms with Gasteiger partial charge in [0.1, 0.15) is 5.78 Å². The predicted octanol–water partition coefficient (Wildman–Crippen LogP) is 7.76. The highest BCUT2D eigenvalue weighted by Gasteiger charge is 2.58. The van der Waals surface area contributed by atoms with Gasteiger partial charge in [-0.3, -0.25) is 9.59 Å². The number of esters is 1. The maximum Gasteiger partial charge on any atom is 0.302 e. The molecule has 0 aliphatic heterocycles. The van der Waals surface area contributed by atoms with Crippen LogP contribution in [0.5, 0.6) is 0 Å². The average Bonchev–Trinajstić information content (AvgIpc) is 3.15. The van der Waals surface area contributed by atoms with Crippen molar-refractivity contribution in [1.29, 1.82) is 0 Å². The fourth-order valence-electron chi connectivity index (χ4n) is 8.69. The molecule has 35 heavy (non-hydrogen) atoms. The van der Waals surface area contributed by atoms with E-state index in [4.69, 9.17) is 4.74 Å². The SMILES string of the molecule is CC(=O)OC[C@H]1CC(=O)CC[C@]1(C)[C@H]1CC[C@]2(C)[C@@H]([C@H](C)CCCC(C)C)CC[C@H]2[C@@H]1CN=[N+]=[N-]. The Morgan fingerprint density at radius 3 is 2.49 bits per heavy atom. The zero-order valence-corrected chi connectivity index (χ0v) is 23.1. The summed E-state index contributed by atoms with van der Waals surface area (Å²) in [6.07, 6.45) is 10.7. The van der Waals surface area contributed by atoms with Gasteiger partial charge in [0.2, 0.25) is 0 Å². The first-order valence-corrected chi connectivity index (χ1v) is 14.2. The lowest BCUT2D eigenvalue weighted by molar-refractivity contribution is -0.151. The lowest BCUT2D eigenvalue weighted by Gasteiger charge is -2.57. The number of nitrogens with zero attached hydrogens (tertiary/aromatic N) is 3. The third kappa shape index (κ3) is 6.06. The Morgan fingerprint density at radius 1 is 1.11 bits per heavy atom. The van der Waals surface area contributed by atoms with Gasteiger partial charge in [-0.15, -0.1) is 0 Å². The number of hydrogen-bond acceptors (Lipinski definition) is 4. The Labute approximate surface area is 213 Å². The van der Waals surface area contributed by atoms with Gasteiger partial charge in [0.15, 0.2) is 0 Å². The Morgan fingerprint density at radius 2 is 1.83 bits per heavy atom. The zero-order valence-electron chi connectivity index (χ0n) is 23.1. The van der Waals surface area contributed by atoms with Crippen molar-refractivity contribution in [1.82, 2.24) is 0 Å². The van der Waals surface area contributed by atoms with Crippen LogP contribution in [0.1, 0.15) is 106 Å². The van der Waals surface area contributed by atoms with E-state index in [-0.39, 0.29) is 28.5 Å². The van der Waals surface area contributed by atoms with Crippen molar-refractivity contribution < 1.29 is 14.3 Å². The quantitative estimate of drug-likeness (QED) is 0.136. The smallest absolute Gasteiger partial charge is 0.302 e. The highest BCUT2D eigenvalue weighted by atomic mass is 16.5. The highest BCUT2D eigenvalue weighted by Crippen LogP contribution is 2.65. The summed E-state index contributed by atoms with van der Waals surface area (Å²) in [7, 11) is 0. The highest BCUT2D eigenvalue weighted by molar-refractivity contribution is 5.79. The molecule has 3 rings (SSSR count). The molecule has 8 atom stereocenters. The number of rotatable bonds is 10. The number of ether oxygens (including phenoxy) is 1. The topological polar surface area (TPSA) is 92.1 Å². The van der Waals surface area contributed by atoms with E-state index < -0.39 is 0 Å². The van der Waals surface area contributed by atoms with Gasteiger partial charge in [-0.25, -0.2) is 0 Å². The molecule has 3 saturated carbocycles. The second-order valence-electron chi connectivity index (χ2n) is 13.1. The Kier molecular flexibility index (Phi) is 9.34. The first-order chi connectivity index (χ1) is 16.5. The Hall–Kier alpha value is -1.55. The van der Waals surface area contributed by atoms with Crippen LogP contribution >= 0.6 is 0 Å². The molecule has 0 unspecified atom stereocenters. The van der Waals surface area contributed by atoms with Crippen LogP contribution in [0.25, 0.3) is 10.4 Å². The van der Waals surface area contributed by atoms with E-state index in [9.17, 15) is 15.1 Å². The maximum absolute atomic E-state index is 12.4. The van der Waals surface area contributed by atoms with E-state index in [1.165, 1.54) is 45.4 Å². The second-order valence-corrected chi connectivity index (χ2v) is 13.1. The standard InChI is InChI=1S/C29H49N3O3/c1-19(2)8-7-9-20(3)25-10-11-26-24(17-31-32-30)27(13-15-29(25,26)6)28(5)14-12-23(34)16-22(28)18-35-21(4)33/h19-20,22,24-27H,7-18H2,1-6H3/t20-,22-,24+,25-,26+,27+,28+,29-/m1/s1. The van der Waals surface area contributed by atoms with Crippen LogP contribution in [0.4, 0.5) is 0 Å². The summed E-state index contributed by atoms with van der Waals surface area (Å²) in [5.74, 6) is 3.52. The van der Waals surface area contributed by atoms with Crippen LogP contribution in [0, 0.1) is 52.3 Å². The first kappa shape index (κ1) is 28.0. The van der Waals surface area contributed by atoms with Gasteiger partial charge >= 0.3 is 5.97 Å². The van der Waals surface area contributed by atoms with Crippen molar-refractivity contribution >= 4 is 11.8 Å². The van der Waals surface area contributed by atoms with Gasteiger partial charge in [-0.05, 0) is 84.0 Å². The lowest BCUT2D eigenvalue weighted by Crippen LogP contribution is -2.52. The number of carbonyl (C=O) groups excluding carboxylic acids is 2. The fraction of sp³-hybridized carbons (Fsp3) is 0.931. The molecule has 0 bridgehead atoms. The molecule has 0 radical (unpaired) electrons. The van der Waals surface area contributed by atoms with Crippen molar-refractivity contribution in [3.8, 4) is 0 Å². The summed E-state index contributed by atoms with van der Waals surface area (Å²) in [4.78, 5) is 27.2. The molecule has 0 aromatic carbocycles. The van der Waals surface area contributed by atoms with Crippen molar-refractivity contribution in [3.63, 3.8) is 0 Å². The zero-order chi connectivity index (χ0) is 25.8. The van der Waals surface area contributed by atoms with Crippen molar-refractivity contribution in [2.75, 3.05) is 13.2 Å². The van der Waals surface area contributed by atoms with Crippen molar-refractivity contribution in [2.45, 2.75) is 106 Å². The van der Waals surface area contributed by atoms with Crippen LogP contribution in [0.15, 0.2) is 5.11 Å². The van der Waals surface area contributed by atoms with E-state index in [0.29, 0.717) is 43.7 Å².